The second kappa shape index (κ2) is 7.32. The maximum atomic E-state index is 11.6. The number of hydrogen-bond donors (Lipinski definition) is 2. The zero-order chi connectivity index (χ0) is 17.0. The number of amides is 1. The van der Waals surface area contributed by atoms with Crippen molar-refractivity contribution >= 4 is 11.6 Å². The van der Waals surface area contributed by atoms with E-state index in [9.17, 15) is 9.90 Å². The van der Waals surface area contributed by atoms with Crippen molar-refractivity contribution in [3.63, 3.8) is 0 Å². The van der Waals surface area contributed by atoms with E-state index in [0.29, 0.717) is 6.54 Å². The van der Waals surface area contributed by atoms with Crippen molar-refractivity contribution in [3.8, 4) is 0 Å². The molecule has 2 N–H and O–H groups in total. The number of aryl methyl sites for hydroxylation is 1. The molecule has 0 bridgehead atoms. The standard InChI is InChI=1S/C18H29N3O2/c1-14-6-5-7-16(15(14)2)21-12-10-20(11-13-21)9-8-19-17(22)18(3,4)23/h5-7,23H,8-13H2,1-4H3,(H,19,22). The maximum absolute atomic E-state index is 11.6. The van der Waals surface area contributed by atoms with Crippen LogP contribution in [0.4, 0.5) is 5.69 Å². The largest absolute Gasteiger partial charge is 0.381 e. The van der Waals surface area contributed by atoms with Crippen LogP contribution in [-0.4, -0.2) is 60.8 Å². The van der Waals surface area contributed by atoms with Gasteiger partial charge in [-0.15, -0.1) is 0 Å². The van der Waals surface area contributed by atoms with Crippen LogP contribution in [0.15, 0.2) is 18.2 Å². The number of anilines is 1. The van der Waals surface area contributed by atoms with Gasteiger partial charge in [0.1, 0.15) is 5.60 Å². The van der Waals surface area contributed by atoms with E-state index in [0.717, 1.165) is 32.7 Å². The Bertz CT molecular complexity index is 544. The highest BCUT2D eigenvalue weighted by Gasteiger charge is 2.23. The molecule has 0 saturated carbocycles. The lowest BCUT2D eigenvalue weighted by atomic mass is 10.1. The Hall–Kier alpha value is -1.59. The first-order valence-electron chi connectivity index (χ1n) is 8.33. The molecule has 1 aromatic carbocycles. The second-order valence-electron chi connectivity index (χ2n) is 6.86. The summed E-state index contributed by atoms with van der Waals surface area (Å²) in [5.41, 5.74) is 2.72. The number of aliphatic hydroxyl groups is 1. The Labute approximate surface area is 139 Å². The van der Waals surface area contributed by atoms with E-state index in [2.05, 4.69) is 47.2 Å². The van der Waals surface area contributed by atoms with E-state index in [4.69, 9.17) is 0 Å². The first-order chi connectivity index (χ1) is 10.8. The normalized spacial score (nSPS) is 16.5. The summed E-state index contributed by atoms with van der Waals surface area (Å²) < 4.78 is 0. The zero-order valence-electron chi connectivity index (χ0n) is 14.7. The van der Waals surface area contributed by atoms with Crippen LogP contribution < -0.4 is 10.2 Å². The first kappa shape index (κ1) is 17.8. The van der Waals surface area contributed by atoms with Crippen molar-refractivity contribution < 1.29 is 9.90 Å². The number of carbonyl (C=O) groups is 1. The lowest BCUT2D eigenvalue weighted by molar-refractivity contribution is -0.136. The van der Waals surface area contributed by atoms with Crippen LogP contribution in [0.1, 0.15) is 25.0 Å². The fourth-order valence-corrected chi connectivity index (χ4v) is 2.83. The first-order valence-corrected chi connectivity index (χ1v) is 8.33. The minimum absolute atomic E-state index is 0.313. The van der Waals surface area contributed by atoms with Gasteiger partial charge in [0.25, 0.3) is 5.91 Å². The molecule has 1 fully saturated rings. The van der Waals surface area contributed by atoms with E-state index in [1.54, 1.807) is 0 Å². The highest BCUT2D eigenvalue weighted by Crippen LogP contribution is 2.23. The third-order valence-electron chi connectivity index (χ3n) is 4.56. The van der Waals surface area contributed by atoms with Gasteiger partial charge in [0.05, 0.1) is 0 Å². The molecule has 1 aromatic rings. The van der Waals surface area contributed by atoms with Gasteiger partial charge >= 0.3 is 0 Å². The molecule has 2 rings (SSSR count). The Morgan fingerprint density at radius 1 is 1.22 bits per heavy atom. The van der Waals surface area contributed by atoms with E-state index in [1.165, 1.54) is 30.7 Å². The summed E-state index contributed by atoms with van der Waals surface area (Å²) in [6, 6.07) is 6.47. The van der Waals surface area contributed by atoms with E-state index in [-0.39, 0.29) is 5.91 Å². The molecule has 5 heteroatoms. The fraction of sp³-hybridized carbons (Fsp3) is 0.611. The summed E-state index contributed by atoms with van der Waals surface area (Å²) >= 11 is 0. The average molecular weight is 319 g/mol. The Morgan fingerprint density at radius 2 is 1.87 bits per heavy atom. The number of hydrogen-bond acceptors (Lipinski definition) is 4. The number of carbonyl (C=O) groups excluding carboxylic acids is 1. The predicted molar refractivity (Wildman–Crippen MR) is 93.9 cm³/mol. The number of benzene rings is 1. The molecule has 128 valence electrons. The summed E-state index contributed by atoms with van der Waals surface area (Å²) in [4.78, 5) is 16.4. The molecule has 1 heterocycles. The van der Waals surface area contributed by atoms with Gasteiger partial charge < -0.3 is 15.3 Å². The van der Waals surface area contributed by atoms with Crippen LogP contribution in [-0.2, 0) is 4.79 Å². The third-order valence-corrected chi connectivity index (χ3v) is 4.56. The smallest absolute Gasteiger partial charge is 0.251 e. The molecule has 0 aliphatic carbocycles. The van der Waals surface area contributed by atoms with Crippen LogP contribution >= 0.6 is 0 Å². The maximum Gasteiger partial charge on any atom is 0.251 e. The lowest BCUT2D eigenvalue weighted by Crippen LogP contribution is -2.50. The fourth-order valence-electron chi connectivity index (χ4n) is 2.83. The summed E-state index contributed by atoms with van der Waals surface area (Å²) in [6.07, 6.45) is 0. The van der Waals surface area contributed by atoms with Gasteiger partial charge in [-0.3, -0.25) is 9.69 Å². The van der Waals surface area contributed by atoms with Crippen LogP contribution in [0.3, 0.4) is 0 Å². The summed E-state index contributed by atoms with van der Waals surface area (Å²) in [7, 11) is 0. The molecule has 23 heavy (non-hydrogen) atoms. The molecule has 1 saturated heterocycles. The summed E-state index contributed by atoms with van der Waals surface area (Å²) in [5, 5.41) is 12.4. The number of rotatable bonds is 5. The summed E-state index contributed by atoms with van der Waals surface area (Å²) in [5.74, 6) is -0.313. The van der Waals surface area contributed by atoms with Gasteiger partial charge in [-0.25, -0.2) is 0 Å². The SMILES string of the molecule is Cc1cccc(N2CCN(CCNC(=O)C(C)(C)O)CC2)c1C. The summed E-state index contributed by atoms with van der Waals surface area (Å²) in [6.45, 7) is 12.7. The van der Waals surface area contributed by atoms with E-state index >= 15 is 0 Å². The molecule has 0 radical (unpaired) electrons. The molecule has 0 unspecified atom stereocenters. The van der Waals surface area contributed by atoms with Gasteiger partial charge in [-0.2, -0.15) is 0 Å². The Kier molecular flexibility index (Phi) is 5.65. The molecule has 1 amide bonds. The minimum Gasteiger partial charge on any atom is -0.381 e. The molecule has 0 atom stereocenters. The molecule has 0 aromatic heterocycles. The predicted octanol–water partition coefficient (Wildman–Crippen LogP) is 1.31. The monoisotopic (exact) mass is 319 g/mol. The van der Waals surface area contributed by atoms with Crippen molar-refractivity contribution in [1.82, 2.24) is 10.2 Å². The lowest BCUT2D eigenvalue weighted by Gasteiger charge is -2.37. The van der Waals surface area contributed by atoms with Crippen molar-refractivity contribution in [1.29, 1.82) is 0 Å². The number of nitrogens with one attached hydrogen (secondary N) is 1. The van der Waals surface area contributed by atoms with Gasteiger partial charge in [0, 0.05) is 45.0 Å². The van der Waals surface area contributed by atoms with Gasteiger partial charge in [0.2, 0.25) is 0 Å². The van der Waals surface area contributed by atoms with Crippen molar-refractivity contribution in [2.75, 3.05) is 44.2 Å². The van der Waals surface area contributed by atoms with Crippen molar-refractivity contribution in [3.05, 3.63) is 29.3 Å². The van der Waals surface area contributed by atoms with Gasteiger partial charge in [0.15, 0.2) is 0 Å². The Morgan fingerprint density at radius 3 is 2.48 bits per heavy atom. The van der Waals surface area contributed by atoms with Crippen LogP contribution in [0.2, 0.25) is 0 Å². The van der Waals surface area contributed by atoms with Crippen LogP contribution in [0, 0.1) is 13.8 Å². The van der Waals surface area contributed by atoms with Gasteiger partial charge in [-0.1, -0.05) is 12.1 Å². The molecular formula is C18H29N3O2. The quantitative estimate of drug-likeness (QED) is 0.859. The zero-order valence-corrected chi connectivity index (χ0v) is 14.7. The molecule has 0 spiro atoms. The third kappa shape index (κ3) is 4.69. The molecule has 5 nitrogen and oxygen atoms in total. The van der Waals surface area contributed by atoms with E-state index in [1.807, 2.05) is 0 Å². The van der Waals surface area contributed by atoms with Crippen molar-refractivity contribution in [2.24, 2.45) is 0 Å². The second-order valence-corrected chi connectivity index (χ2v) is 6.86. The number of piperazine rings is 1. The van der Waals surface area contributed by atoms with Crippen LogP contribution in [0.25, 0.3) is 0 Å². The highest BCUT2D eigenvalue weighted by molar-refractivity contribution is 5.83. The highest BCUT2D eigenvalue weighted by atomic mass is 16.3. The topological polar surface area (TPSA) is 55.8 Å². The number of nitrogens with zero attached hydrogens (tertiary/aromatic N) is 2. The molecule has 1 aliphatic rings. The molecule has 1 aliphatic heterocycles. The van der Waals surface area contributed by atoms with Gasteiger partial charge in [-0.05, 0) is 44.9 Å². The van der Waals surface area contributed by atoms with Crippen LogP contribution in [0.5, 0.6) is 0 Å². The van der Waals surface area contributed by atoms with Crippen molar-refractivity contribution in [2.45, 2.75) is 33.3 Å². The minimum atomic E-state index is -1.30. The Balaban J connectivity index is 1.78. The molecular weight excluding hydrogens is 290 g/mol. The average Bonchev–Trinajstić information content (AvgIpc) is 2.50. The van der Waals surface area contributed by atoms with E-state index < -0.39 is 5.60 Å².